The highest BCUT2D eigenvalue weighted by atomic mass is 16.5. The van der Waals surface area contributed by atoms with Crippen LogP contribution in [0.15, 0.2) is 34.9 Å². The first-order valence-electron chi connectivity index (χ1n) is 10.5. The second-order valence-electron chi connectivity index (χ2n) is 6.41. The number of aromatic nitrogens is 1. The van der Waals surface area contributed by atoms with Crippen molar-refractivity contribution in [2.24, 2.45) is 0 Å². The Morgan fingerprint density at radius 3 is 2.33 bits per heavy atom. The van der Waals surface area contributed by atoms with Gasteiger partial charge in [-0.3, -0.25) is 4.79 Å². The molecule has 2 aromatic rings. The Morgan fingerprint density at radius 2 is 1.81 bits per heavy atom. The summed E-state index contributed by atoms with van der Waals surface area (Å²) in [6.45, 7) is 12.2. The van der Waals surface area contributed by atoms with Gasteiger partial charge in [-0.2, -0.15) is 0 Å². The number of para-hydroxylation sites is 1. The van der Waals surface area contributed by atoms with Crippen LogP contribution in [-0.2, 0) is 4.79 Å². The average molecular weight is 373 g/mol. The van der Waals surface area contributed by atoms with Gasteiger partial charge >= 0.3 is 0 Å². The highest BCUT2D eigenvalue weighted by Gasteiger charge is 2.29. The summed E-state index contributed by atoms with van der Waals surface area (Å²) >= 11 is 0. The number of hydrogen-bond acceptors (Lipinski definition) is 3. The normalized spacial score (nSPS) is 14.0. The Kier molecular flexibility index (Phi) is 10.5. The maximum absolute atomic E-state index is 12.3. The van der Waals surface area contributed by atoms with Crippen LogP contribution in [0.5, 0.6) is 0 Å². The summed E-state index contributed by atoms with van der Waals surface area (Å²) in [4.78, 5) is 12.3. The molecule has 1 aliphatic rings. The van der Waals surface area contributed by atoms with Gasteiger partial charge in [0, 0.05) is 29.5 Å². The summed E-state index contributed by atoms with van der Waals surface area (Å²) in [5.74, 6) is 1.70. The monoisotopic (exact) mass is 372 g/mol. The molecule has 1 heterocycles. The zero-order valence-corrected chi connectivity index (χ0v) is 17.8. The third-order valence-electron chi connectivity index (χ3n) is 4.84. The lowest BCUT2D eigenvalue weighted by Crippen LogP contribution is -2.16. The fourth-order valence-corrected chi connectivity index (χ4v) is 3.19. The minimum Gasteiger partial charge on any atom is -0.361 e. The molecule has 27 heavy (non-hydrogen) atoms. The fourth-order valence-electron chi connectivity index (χ4n) is 3.19. The maximum atomic E-state index is 12.3. The topological polar surface area (TPSA) is 55.1 Å². The first-order valence-corrected chi connectivity index (χ1v) is 10.5. The molecule has 1 aromatic heterocycles. The number of carbonyl (C=O) groups is 1. The van der Waals surface area contributed by atoms with Crippen molar-refractivity contribution < 1.29 is 9.32 Å². The molecule has 1 aliphatic carbocycles. The molecule has 4 heteroatoms. The largest absolute Gasteiger partial charge is 0.361 e. The fraction of sp³-hybridized carbons (Fsp3) is 0.565. The van der Waals surface area contributed by atoms with Crippen molar-refractivity contribution in [2.45, 2.75) is 85.5 Å². The SMILES string of the molecule is CC.CC.CC[C@@H](CC(=O)Nc1ccccc1)c1noc(C2CCC2)c1C. The van der Waals surface area contributed by atoms with E-state index in [9.17, 15) is 4.79 Å². The van der Waals surface area contributed by atoms with E-state index in [2.05, 4.69) is 24.3 Å². The molecule has 0 aliphatic heterocycles. The van der Waals surface area contributed by atoms with Crippen LogP contribution in [0, 0.1) is 6.92 Å². The van der Waals surface area contributed by atoms with Gasteiger partial charge in [-0.05, 0) is 38.3 Å². The second kappa shape index (κ2) is 12.3. The molecule has 0 spiro atoms. The van der Waals surface area contributed by atoms with Crippen LogP contribution in [0.25, 0.3) is 0 Å². The second-order valence-corrected chi connectivity index (χ2v) is 6.41. The molecule has 4 nitrogen and oxygen atoms in total. The number of amides is 1. The Balaban J connectivity index is 0.000000855. The van der Waals surface area contributed by atoms with E-state index in [0.29, 0.717) is 12.3 Å². The van der Waals surface area contributed by atoms with Crippen LogP contribution in [0.2, 0.25) is 0 Å². The van der Waals surface area contributed by atoms with Crippen molar-refractivity contribution in [3.05, 3.63) is 47.3 Å². The molecule has 1 fully saturated rings. The predicted octanol–water partition coefficient (Wildman–Crippen LogP) is 6.83. The van der Waals surface area contributed by atoms with Gasteiger partial charge in [0.05, 0.1) is 5.69 Å². The zero-order valence-electron chi connectivity index (χ0n) is 17.8. The van der Waals surface area contributed by atoms with Crippen molar-refractivity contribution in [2.75, 3.05) is 5.32 Å². The summed E-state index contributed by atoms with van der Waals surface area (Å²) in [7, 11) is 0. The van der Waals surface area contributed by atoms with Gasteiger partial charge in [0.2, 0.25) is 5.91 Å². The Labute approximate surface area is 164 Å². The zero-order chi connectivity index (χ0) is 20.2. The standard InChI is InChI=1S/C19H24N2O2.2C2H6/c1-3-14(12-17(22)20-16-10-5-4-6-11-16)18-13(2)19(23-21-18)15-8-7-9-15;2*1-2/h4-6,10-11,14-15H,3,7-9,12H2,1-2H3,(H,20,22);2*1-2H3/t14-;;/m0../s1. The molecule has 1 N–H and O–H groups in total. The van der Waals surface area contributed by atoms with E-state index in [1.165, 1.54) is 19.3 Å². The van der Waals surface area contributed by atoms with Gasteiger partial charge in [-0.25, -0.2) is 0 Å². The van der Waals surface area contributed by atoms with Crippen LogP contribution in [0.3, 0.4) is 0 Å². The van der Waals surface area contributed by atoms with E-state index < -0.39 is 0 Å². The average Bonchev–Trinajstić information content (AvgIpc) is 3.04. The summed E-state index contributed by atoms with van der Waals surface area (Å²) in [5.41, 5.74) is 2.94. The van der Waals surface area contributed by atoms with E-state index in [0.717, 1.165) is 29.1 Å². The highest BCUT2D eigenvalue weighted by Crippen LogP contribution is 2.40. The molecule has 0 saturated heterocycles. The van der Waals surface area contributed by atoms with Crippen molar-refractivity contribution in [1.82, 2.24) is 5.16 Å². The number of benzene rings is 1. The van der Waals surface area contributed by atoms with E-state index >= 15 is 0 Å². The third-order valence-corrected chi connectivity index (χ3v) is 4.84. The van der Waals surface area contributed by atoms with Crippen molar-refractivity contribution in [1.29, 1.82) is 0 Å². The van der Waals surface area contributed by atoms with Crippen LogP contribution in [0.4, 0.5) is 5.69 Å². The molecular weight excluding hydrogens is 336 g/mol. The summed E-state index contributed by atoms with van der Waals surface area (Å²) in [6.07, 6.45) is 4.97. The molecule has 1 amide bonds. The predicted molar refractivity (Wildman–Crippen MR) is 113 cm³/mol. The number of carbonyl (C=O) groups excluding carboxylic acids is 1. The molecule has 1 aromatic carbocycles. The van der Waals surface area contributed by atoms with E-state index in [4.69, 9.17) is 4.52 Å². The van der Waals surface area contributed by atoms with Gasteiger partial charge < -0.3 is 9.84 Å². The Bertz CT molecular complexity index is 660. The van der Waals surface area contributed by atoms with Crippen molar-refractivity contribution in [3.63, 3.8) is 0 Å². The minimum absolute atomic E-state index is 0.0237. The minimum atomic E-state index is 0.0237. The quantitative estimate of drug-likeness (QED) is 0.605. The summed E-state index contributed by atoms with van der Waals surface area (Å²) in [5, 5.41) is 7.25. The first kappa shape index (κ1) is 22.9. The van der Waals surface area contributed by atoms with Crippen LogP contribution < -0.4 is 5.32 Å². The molecule has 0 unspecified atom stereocenters. The van der Waals surface area contributed by atoms with Crippen LogP contribution in [0.1, 0.15) is 95.6 Å². The molecule has 0 bridgehead atoms. The third kappa shape index (κ3) is 6.23. The first-order chi connectivity index (χ1) is 13.2. The van der Waals surface area contributed by atoms with E-state index in [1.54, 1.807) is 0 Å². The van der Waals surface area contributed by atoms with Gasteiger partial charge in [0.25, 0.3) is 0 Å². The lowest BCUT2D eigenvalue weighted by Gasteiger charge is -2.23. The van der Waals surface area contributed by atoms with Crippen molar-refractivity contribution >= 4 is 11.6 Å². The highest BCUT2D eigenvalue weighted by molar-refractivity contribution is 5.91. The molecule has 150 valence electrons. The van der Waals surface area contributed by atoms with Crippen LogP contribution >= 0.6 is 0 Å². The molecular formula is C23H36N2O2. The summed E-state index contributed by atoms with van der Waals surface area (Å²) in [6, 6.07) is 9.56. The lowest BCUT2D eigenvalue weighted by molar-refractivity contribution is -0.116. The van der Waals surface area contributed by atoms with Gasteiger partial charge in [0.15, 0.2) is 0 Å². The number of rotatable bonds is 6. The maximum Gasteiger partial charge on any atom is 0.225 e. The van der Waals surface area contributed by atoms with Gasteiger partial charge in [0.1, 0.15) is 5.76 Å². The molecule has 0 radical (unpaired) electrons. The molecule has 1 atom stereocenters. The smallest absolute Gasteiger partial charge is 0.225 e. The lowest BCUT2D eigenvalue weighted by atomic mass is 9.81. The van der Waals surface area contributed by atoms with Crippen molar-refractivity contribution in [3.8, 4) is 0 Å². The van der Waals surface area contributed by atoms with Gasteiger partial charge in [-0.1, -0.05) is 64.4 Å². The number of nitrogens with zero attached hydrogens (tertiary/aromatic N) is 1. The molecule has 3 rings (SSSR count). The molecule has 1 saturated carbocycles. The van der Waals surface area contributed by atoms with Crippen LogP contribution in [-0.4, -0.2) is 11.1 Å². The van der Waals surface area contributed by atoms with E-state index in [-0.39, 0.29) is 11.8 Å². The summed E-state index contributed by atoms with van der Waals surface area (Å²) < 4.78 is 5.60. The Morgan fingerprint density at radius 1 is 1.19 bits per heavy atom. The number of nitrogens with one attached hydrogen (secondary N) is 1. The van der Waals surface area contributed by atoms with E-state index in [1.807, 2.05) is 58.0 Å². The van der Waals surface area contributed by atoms with Gasteiger partial charge in [-0.15, -0.1) is 0 Å². The number of hydrogen-bond donors (Lipinski definition) is 1. The number of anilines is 1. The Hall–Kier alpha value is -2.10.